The van der Waals surface area contributed by atoms with Gasteiger partial charge in [0.05, 0.1) is 17.0 Å². The van der Waals surface area contributed by atoms with Gasteiger partial charge in [0.15, 0.2) is 11.5 Å². The SMILES string of the molecule is COc1ccc(/C=C2/SC(=S)N(C)C2=O)cc1OCc1c(F)cccc1Cl. The van der Waals surface area contributed by atoms with Crippen LogP contribution in [0.1, 0.15) is 11.1 Å². The summed E-state index contributed by atoms with van der Waals surface area (Å²) >= 11 is 12.4. The van der Waals surface area contributed by atoms with E-state index in [-0.39, 0.29) is 23.1 Å². The van der Waals surface area contributed by atoms with Gasteiger partial charge in [0.1, 0.15) is 16.7 Å². The van der Waals surface area contributed by atoms with E-state index in [1.165, 1.54) is 35.9 Å². The summed E-state index contributed by atoms with van der Waals surface area (Å²) in [6, 6.07) is 9.69. The van der Waals surface area contributed by atoms with Crippen molar-refractivity contribution in [1.29, 1.82) is 0 Å². The van der Waals surface area contributed by atoms with Crippen molar-refractivity contribution in [1.82, 2.24) is 4.90 Å². The summed E-state index contributed by atoms with van der Waals surface area (Å²) in [5, 5.41) is 0.289. The number of hydrogen-bond acceptors (Lipinski definition) is 5. The molecular weight excluding hydrogens is 409 g/mol. The maximum atomic E-state index is 13.9. The molecular formula is C19H15ClFNO3S2. The Morgan fingerprint density at radius 3 is 2.70 bits per heavy atom. The minimum Gasteiger partial charge on any atom is -0.493 e. The minimum atomic E-state index is -0.441. The van der Waals surface area contributed by atoms with Gasteiger partial charge < -0.3 is 9.47 Å². The van der Waals surface area contributed by atoms with Crippen LogP contribution >= 0.6 is 35.6 Å². The second-order valence-electron chi connectivity index (χ2n) is 5.64. The Morgan fingerprint density at radius 2 is 2.07 bits per heavy atom. The molecule has 2 aromatic carbocycles. The van der Waals surface area contributed by atoms with E-state index in [1.54, 1.807) is 37.4 Å². The summed E-state index contributed by atoms with van der Waals surface area (Å²) in [6.07, 6.45) is 1.73. The van der Waals surface area contributed by atoms with Gasteiger partial charge in [-0.3, -0.25) is 9.69 Å². The third kappa shape index (κ3) is 4.26. The van der Waals surface area contributed by atoms with Gasteiger partial charge in [-0.1, -0.05) is 47.7 Å². The predicted octanol–water partition coefficient (Wildman–Crippen LogP) is 4.90. The van der Waals surface area contributed by atoms with Crippen molar-refractivity contribution in [3.8, 4) is 11.5 Å². The number of carbonyl (C=O) groups excluding carboxylic acids is 1. The van der Waals surface area contributed by atoms with E-state index in [0.29, 0.717) is 20.7 Å². The summed E-state index contributed by atoms with van der Waals surface area (Å²) in [5.41, 5.74) is 0.998. The van der Waals surface area contributed by atoms with Crippen LogP contribution < -0.4 is 9.47 Å². The topological polar surface area (TPSA) is 38.8 Å². The Morgan fingerprint density at radius 1 is 1.30 bits per heavy atom. The molecule has 1 saturated heterocycles. The van der Waals surface area contributed by atoms with E-state index < -0.39 is 5.82 Å². The van der Waals surface area contributed by atoms with Gasteiger partial charge in [0, 0.05) is 12.6 Å². The summed E-state index contributed by atoms with van der Waals surface area (Å²) in [4.78, 5) is 14.1. The van der Waals surface area contributed by atoms with Gasteiger partial charge in [-0.15, -0.1) is 0 Å². The first kappa shape index (κ1) is 19.7. The molecule has 2 aromatic rings. The summed E-state index contributed by atoms with van der Waals surface area (Å²) in [5.74, 6) is 0.311. The van der Waals surface area contributed by atoms with E-state index in [4.69, 9.17) is 33.3 Å². The minimum absolute atomic E-state index is 0.0532. The van der Waals surface area contributed by atoms with Gasteiger partial charge in [0.2, 0.25) is 0 Å². The molecule has 1 aliphatic heterocycles. The first-order chi connectivity index (χ1) is 12.9. The number of nitrogens with zero attached hydrogens (tertiary/aromatic N) is 1. The number of hydrogen-bond donors (Lipinski definition) is 0. The smallest absolute Gasteiger partial charge is 0.265 e. The molecule has 1 aliphatic rings. The molecule has 27 heavy (non-hydrogen) atoms. The number of ether oxygens (including phenoxy) is 2. The molecule has 0 aliphatic carbocycles. The van der Waals surface area contributed by atoms with Crippen LogP contribution in [-0.2, 0) is 11.4 Å². The molecule has 0 saturated carbocycles. The van der Waals surface area contributed by atoms with E-state index in [0.717, 1.165) is 5.56 Å². The first-order valence-electron chi connectivity index (χ1n) is 7.86. The molecule has 0 N–H and O–H groups in total. The molecule has 1 fully saturated rings. The molecule has 3 rings (SSSR count). The van der Waals surface area contributed by atoms with Gasteiger partial charge in [-0.25, -0.2) is 4.39 Å². The van der Waals surface area contributed by atoms with Gasteiger partial charge in [-0.2, -0.15) is 0 Å². The zero-order valence-corrected chi connectivity index (χ0v) is 16.9. The summed E-state index contributed by atoms with van der Waals surface area (Å²) in [7, 11) is 3.15. The number of benzene rings is 2. The molecule has 0 aromatic heterocycles. The van der Waals surface area contributed by atoms with Crippen LogP contribution in [0.15, 0.2) is 41.3 Å². The molecule has 4 nitrogen and oxygen atoms in total. The van der Waals surface area contributed by atoms with Crippen LogP contribution in [0.5, 0.6) is 11.5 Å². The normalized spacial score (nSPS) is 15.6. The lowest BCUT2D eigenvalue weighted by Crippen LogP contribution is -2.22. The van der Waals surface area contributed by atoms with E-state index >= 15 is 0 Å². The lowest BCUT2D eigenvalue weighted by Gasteiger charge is -2.13. The first-order valence-corrected chi connectivity index (χ1v) is 9.46. The standard InChI is InChI=1S/C19H15ClFNO3S2/c1-22-18(23)17(27-19(22)26)9-11-6-7-15(24-2)16(8-11)25-10-12-13(20)4-3-5-14(12)21/h3-9H,10H2,1-2H3/b17-9+. The molecule has 0 spiro atoms. The number of carbonyl (C=O) groups is 1. The molecule has 0 radical (unpaired) electrons. The summed E-state index contributed by atoms with van der Waals surface area (Å²) < 4.78 is 25.5. The monoisotopic (exact) mass is 423 g/mol. The van der Waals surface area contributed by atoms with Crippen LogP contribution in [0.4, 0.5) is 4.39 Å². The van der Waals surface area contributed by atoms with Crippen molar-refractivity contribution in [3.05, 3.63) is 63.3 Å². The van der Waals surface area contributed by atoms with Crippen molar-refractivity contribution >= 4 is 51.9 Å². The number of thioether (sulfide) groups is 1. The van der Waals surface area contributed by atoms with Crippen LogP contribution in [0.3, 0.4) is 0 Å². The Labute approximate surface area is 170 Å². The predicted molar refractivity (Wildman–Crippen MR) is 110 cm³/mol. The van der Waals surface area contributed by atoms with Crippen molar-refractivity contribution < 1.29 is 18.7 Å². The van der Waals surface area contributed by atoms with Crippen LogP contribution in [0.25, 0.3) is 6.08 Å². The Kier molecular flexibility index (Phi) is 6.04. The lowest BCUT2D eigenvalue weighted by atomic mass is 10.1. The molecule has 0 unspecified atom stereocenters. The maximum Gasteiger partial charge on any atom is 0.265 e. The Hall–Kier alpha value is -2.09. The van der Waals surface area contributed by atoms with Crippen molar-refractivity contribution in [3.63, 3.8) is 0 Å². The van der Waals surface area contributed by atoms with Crippen LogP contribution in [0, 0.1) is 5.82 Å². The van der Waals surface area contributed by atoms with Crippen molar-refractivity contribution in [2.45, 2.75) is 6.61 Å². The maximum absolute atomic E-state index is 13.9. The van der Waals surface area contributed by atoms with Crippen LogP contribution in [0.2, 0.25) is 5.02 Å². The number of thiocarbonyl (C=S) groups is 1. The second-order valence-corrected chi connectivity index (χ2v) is 7.72. The van der Waals surface area contributed by atoms with E-state index in [2.05, 4.69) is 0 Å². The molecule has 0 bridgehead atoms. The van der Waals surface area contributed by atoms with Crippen molar-refractivity contribution in [2.75, 3.05) is 14.2 Å². The van der Waals surface area contributed by atoms with E-state index in [9.17, 15) is 9.18 Å². The van der Waals surface area contributed by atoms with E-state index in [1.807, 2.05) is 0 Å². The third-order valence-corrected chi connectivity index (χ3v) is 5.74. The fourth-order valence-corrected chi connectivity index (χ4v) is 3.81. The third-order valence-electron chi connectivity index (χ3n) is 3.91. The molecule has 1 amide bonds. The average Bonchev–Trinajstić information content (AvgIpc) is 2.88. The lowest BCUT2D eigenvalue weighted by molar-refractivity contribution is -0.121. The zero-order valence-electron chi connectivity index (χ0n) is 14.5. The highest BCUT2D eigenvalue weighted by Crippen LogP contribution is 2.34. The fraction of sp³-hybridized carbons (Fsp3) is 0.158. The van der Waals surface area contributed by atoms with Gasteiger partial charge in [0.25, 0.3) is 5.91 Å². The van der Waals surface area contributed by atoms with Gasteiger partial charge in [-0.05, 0) is 35.9 Å². The highest BCUT2D eigenvalue weighted by Gasteiger charge is 2.28. The Balaban J connectivity index is 1.86. The number of rotatable bonds is 5. The quantitative estimate of drug-likeness (QED) is 0.505. The molecule has 0 atom stereocenters. The van der Waals surface area contributed by atoms with Crippen molar-refractivity contribution in [2.24, 2.45) is 0 Å². The van der Waals surface area contributed by atoms with Gasteiger partial charge >= 0.3 is 0 Å². The molecule has 140 valence electrons. The summed E-state index contributed by atoms with van der Waals surface area (Å²) in [6.45, 7) is -0.0532. The largest absolute Gasteiger partial charge is 0.493 e. The fourth-order valence-electron chi connectivity index (χ4n) is 2.41. The molecule has 8 heteroatoms. The number of halogens is 2. The highest BCUT2D eigenvalue weighted by molar-refractivity contribution is 8.26. The Bertz CT molecular complexity index is 928. The number of likely N-dealkylation sites (N-methyl/N-ethyl adjacent to an activating group) is 1. The highest BCUT2D eigenvalue weighted by atomic mass is 35.5. The molecule has 1 heterocycles. The van der Waals surface area contributed by atoms with Crippen LogP contribution in [-0.4, -0.2) is 29.3 Å². The number of amides is 1. The average molecular weight is 424 g/mol. The second kappa shape index (κ2) is 8.29. The number of methoxy groups -OCH3 is 1. The zero-order chi connectivity index (χ0) is 19.6.